The molecule has 0 aliphatic carbocycles. The summed E-state index contributed by atoms with van der Waals surface area (Å²) in [4.78, 5) is 80.5. The maximum Gasteiger partial charge on any atom is 0.258 e. The number of phenolic OH excluding ortho intramolecular Hbond substituents is 2. The molecule has 9 saturated heterocycles. The lowest BCUT2D eigenvalue weighted by molar-refractivity contribution is -0.241. The summed E-state index contributed by atoms with van der Waals surface area (Å²) < 4.78 is 37.4. The standard InChI is InChI=1S/C15H20O8.C13H20N2O7.2C13H18O5.C12H16O5.C11H17N3O6.C11H16N2O7/c1-5-3-7(18)10(12(20)9(5)6(2)17)15-14(22)13(21)11(19)8(4-16)23-15;1-5-14(2)12(20)7(13(21)15(5)3)11-10(19)9(18)8(17)6(4-16)22-11;1-7-2-4-8(5-3-7)13-12(17)11(16)10(15)9(6-14)18-13;1-7-3-2-4-8(5-7)13-12(17)11(16)10(15)9(6-14)18-13;13-6-8-9(14)10(15)11(16)12(17-8)7-4-2-1-3-5-7;1-3-13-10(12)5(11(19)14-3)9-8(18)7(17)6(16)4(2-15)20-9;1-3-12-10(18)5(11(19)13-3)9-8(17)7(16)6(15)4(2-14)20-9/h3,8,11,13-16,18-22H,4H2,1-2H3;6-11,16-19H,1,4H2,2-3H3;2*2-5,9-17H,6H2,1H3;1-5,8-16H,6H2;4,6-9,15-18H,2H2,1H3,(H3,12,13,14,19);4-9,14-17H,1-2H2,(H,12,18)(H,13,19)/t8-,11-,13+,14+,15-;6-,8-,9+,10+,11+;2*9-,10-,11+,12+,13-;8-,9-,10+,11+,12-;4-,6-,7+,8+,9+;4-,6-,7+,8+,9-/m1111111/s1. The predicted molar refractivity (Wildman–Crippen MR) is 466 cm³/mol. The zero-order chi connectivity index (χ0) is 103. The van der Waals surface area contributed by atoms with Gasteiger partial charge in [0, 0.05) is 14.1 Å². The lowest BCUT2D eigenvalue weighted by Gasteiger charge is -2.45. The molecule has 5 aromatic rings. The Morgan fingerprint density at radius 2 is 0.703 bits per heavy atom. The van der Waals surface area contributed by atoms with E-state index in [2.05, 4.69) is 33.8 Å². The van der Waals surface area contributed by atoms with Crippen LogP contribution in [0.3, 0.4) is 0 Å². The number of aromatic amines is 1. The number of nitrogen functional groups attached to an aromatic ring is 1. The minimum Gasteiger partial charge on any atom is -0.507 e. The van der Waals surface area contributed by atoms with Crippen LogP contribution in [0.4, 0.5) is 5.82 Å². The second-order valence-electron chi connectivity index (χ2n) is 34.0. The minimum atomic E-state index is -1.67. The van der Waals surface area contributed by atoms with Crippen molar-refractivity contribution in [3.8, 4) is 11.5 Å². The van der Waals surface area contributed by atoms with Crippen LogP contribution < -0.4 is 21.9 Å². The lowest BCUT2D eigenvalue weighted by Crippen LogP contribution is -2.65. The van der Waals surface area contributed by atoms with E-state index in [4.69, 9.17) is 64.4 Å². The molecule has 35 atom stereocenters. The van der Waals surface area contributed by atoms with Crippen molar-refractivity contribution in [1.29, 1.82) is 0 Å². The van der Waals surface area contributed by atoms with E-state index in [-0.39, 0.29) is 34.2 Å². The number of ether oxygens (including phenoxy) is 7. The number of Topliss-reactive ketones (excluding diaryl/α,β-unsaturated/α-hetero) is 1. The molecule has 50 nitrogen and oxygen atoms in total. The molecule has 0 bridgehead atoms. The molecule has 4 aromatic carbocycles. The molecule has 770 valence electrons. The number of amides is 4. The number of anilines is 1. The van der Waals surface area contributed by atoms with Crippen molar-refractivity contribution in [2.75, 3.05) is 66.1 Å². The Kier molecular flexibility index (Phi) is 41.3. The second-order valence-corrected chi connectivity index (χ2v) is 34.0. The molecule has 35 N–H and O–H groups in total. The van der Waals surface area contributed by atoms with Gasteiger partial charge in [0.1, 0.15) is 260 Å². The summed E-state index contributed by atoms with van der Waals surface area (Å²) in [6.07, 6.45) is -45.8. The number of aliphatic hydroxyl groups excluding tert-OH is 28. The fraction of sp³-hybridized carbons (Fsp3) is 0.580. The van der Waals surface area contributed by atoms with Crippen LogP contribution in [0.1, 0.15) is 98.1 Å². The number of hydrogen-bond acceptors (Lipinski definition) is 45. The molecule has 0 saturated carbocycles. The Hall–Kier alpha value is -9.21. The van der Waals surface area contributed by atoms with Gasteiger partial charge in [-0.2, -0.15) is 0 Å². The largest absolute Gasteiger partial charge is 0.507 e. The van der Waals surface area contributed by atoms with E-state index >= 15 is 0 Å². The number of aliphatic hydroxyl groups is 28. The second kappa shape index (κ2) is 50.0. The number of aryl methyl sites for hydroxylation is 4. The summed E-state index contributed by atoms with van der Waals surface area (Å²) in [6.45, 7) is 11.4. The van der Waals surface area contributed by atoms with Gasteiger partial charge < -0.3 is 218 Å². The van der Waals surface area contributed by atoms with E-state index < -0.39 is 318 Å². The highest BCUT2D eigenvalue weighted by Gasteiger charge is 2.57. The quantitative estimate of drug-likeness (QED) is 0.0342. The topological polar surface area (TPSA) is 859 Å². The number of ketones is 1. The summed E-state index contributed by atoms with van der Waals surface area (Å²) in [6, 6.07) is 24.8. The molecular weight excluding hydrogens is 1840 g/mol. The molecule has 10 heterocycles. The molecule has 0 unspecified atom stereocenters. The van der Waals surface area contributed by atoms with E-state index in [1.807, 2.05) is 50.2 Å². The molecule has 14 rings (SSSR count). The Balaban J connectivity index is 0.000000198. The van der Waals surface area contributed by atoms with E-state index in [0.717, 1.165) is 20.9 Å². The number of rotatable bonds is 15. The summed E-state index contributed by atoms with van der Waals surface area (Å²) in [5, 5.41) is 294. The van der Waals surface area contributed by atoms with Crippen LogP contribution in [0.5, 0.6) is 11.5 Å². The third-order valence-electron chi connectivity index (χ3n) is 24.5. The number of phenols is 2. The maximum absolute atomic E-state index is 12.3. The fourth-order valence-corrected chi connectivity index (χ4v) is 16.5. The van der Waals surface area contributed by atoms with Gasteiger partial charge >= 0.3 is 0 Å². The number of nitrogens with zero attached hydrogens (tertiary/aromatic N) is 3. The molecular formula is C88H125N7O43. The average molecular weight is 1970 g/mol. The molecule has 0 radical (unpaired) electrons. The minimum absolute atomic E-state index is 0.000778. The molecule has 9 aliphatic rings. The average Bonchev–Trinajstić information content (AvgIpc) is 0.745. The van der Waals surface area contributed by atoms with Gasteiger partial charge in [-0.1, -0.05) is 103 Å². The third-order valence-corrected chi connectivity index (χ3v) is 24.5. The number of aromatic hydroxyl groups is 2. The SMILES string of the molecule is C=C1N(C)C(=O)C([C@@H]2O[C@H](CO)[C@@H](O)[C@H](O)[C@@H]2O)C(=O)N1C.C=C1NC(=O)C([C@H]2O[C@H](CO)[C@@H](O)[C@H](O)[C@@H]2O)C(=O)N1.CC(=O)c1c(C)cc(O)c([C@H]2O[C@H](CO)[C@@H](O)[C@H](O)[C@@H]2O)c1O.Cc1ccc([C@H]2O[C@H](CO)[C@@H](O)[C@H](O)[C@@H]2O)cc1.Cc1cccc([C@H]2O[C@H](CO)[C@@H](O)[C@H](O)[C@@H]2O)c1.Cc1nc(N)c([C@@H]2O[C@H](CO)[C@@H](O)[C@H](O)[C@@H]2O)c(=O)[nH]1.OC[C@H]1O[C@H](c2ccccc2)[C@@H](O)[C@@H](O)[C@@H]1O. The fourth-order valence-electron chi connectivity index (χ4n) is 16.5. The zero-order valence-corrected chi connectivity index (χ0v) is 75.5. The summed E-state index contributed by atoms with van der Waals surface area (Å²) in [5.74, 6) is -6.73. The van der Waals surface area contributed by atoms with E-state index in [1.54, 1.807) is 42.5 Å². The summed E-state index contributed by atoms with van der Waals surface area (Å²) in [7, 11) is 2.84. The van der Waals surface area contributed by atoms with Gasteiger partial charge in [0.05, 0.1) is 62.9 Å². The van der Waals surface area contributed by atoms with Crippen molar-refractivity contribution in [2.24, 2.45) is 11.8 Å². The van der Waals surface area contributed by atoms with Crippen LogP contribution in [0, 0.1) is 39.5 Å². The molecule has 50 heteroatoms. The number of carbonyl (C=O) groups is 5. The third kappa shape index (κ3) is 25.4. The Bertz CT molecular complexity index is 4880. The van der Waals surface area contributed by atoms with Crippen molar-refractivity contribution in [3.05, 3.63) is 176 Å². The first-order valence-electron chi connectivity index (χ1n) is 43.2. The normalized spacial score (nSPS) is 36.1. The van der Waals surface area contributed by atoms with Gasteiger partial charge in [0.2, 0.25) is 23.6 Å². The highest BCUT2D eigenvalue weighted by molar-refractivity contribution is 6.05. The predicted octanol–water partition coefficient (Wildman–Crippen LogP) is -12.5. The summed E-state index contributed by atoms with van der Waals surface area (Å²) >= 11 is 0. The monoisotopic (exact) mass is 1970 g/mol. The van der Waals surface area contributed by atoms with Gasteiger partial charge in [-0.3, -0.25) is 28.8 Å². The zero-order valence-electron chi connectivity index (χ0n) is 75.5. The Labute approximate surface area is 786 Å². The smallest absolute Gasteiger partial charge is 0.258 e. The van der Waals surface area contributed by atoms with Crippen LogP contribution in [0.25, 0.3) is 0 Å². The van der Waals surface area contributed by atoms with Gasteiger partial charge in [0.15, 0.2) is 5.78 Å². The van der Waals surface area contributed by atoms with Gasteiger partial charge in [-0.15, -0.1) is 0 Å². The highest BCUT2D eigenvalue weighted by Crippen LogP contribution is 2.46. The number of carbonyl (C=O) groups excluding carboxylic acids is 5. The van der Waals surface area contributed by atoms with Crippen LogP contribution >= 0.6 is 0 Å². The number of nitrogens with one attached hydrogen (secondary N) is 3. The van der Waals surface area contributed by atoms with Crippen molar-refractivity contribution >= 4 is 35.2 Å². The summed E-state index contributed by atoms with van der Waals surface area (Å²) in [5.41, 5.74) is 9.10. The molecule has 9 fully saturated rings. The van der Waals surface area contributed by atoms with Crippen LogP contribution in [0.2, 0.25) is 0 Å². The first kappa shape index (κ1) is 114. The maximum atomic E-state index is 12.3. The molecule has 9 aliphatic heterocycles. The van der Waals surface area contributed by atoms with E-state index in [0.29, 0.717) is 28.1 Å². The van der Waals surface area contributed by atoms with Gasteiger partial charge in [-0.05, 0) is 62.9 Å². The van der Waals surface area contributed by atoms with Gasteiger partial charge in [-0.25, -0.2) is 4.98 Å². The molecule has 0 spiro atoms. The van der Waals surface area contributed by atoms with Crippen molar-refractivity contribution in [2.45, 2.75) is 248 Å². The van der Waals surface area contributed by atoms with E-state index in [1.165, 1.54) is 40.9 Å². The number of nitrogens with two attached hydrogens (primary N) is 1. The Morgan fingerprint density at radius 1 is 0.384 bits per heavy atom. The first-order chi connectivity index (χ1) is 64.9. The van der Waals surface area contributed by atoms with Crippen molar-refractivity contribution < 1.29 is 210 Å². The number of H-pyrrole nitrogens is 1. The van der Waals surface area contributed by atoms with Crippen molar-refractivity contribution in [3.63, 3.8) is 0 Å². The molecule has 4 amide bonds. The first-order valence-corrected chi connectivity index (χ1v) is 43.2. The number of hydrogen-bond donors (Lipinski definition) is 34. The highest BCUT2D eigenvalue weighted by atomic mass is 16.6. The van der Waals surface area contributed by atoms with Gasteiger partial charge in [0.25, 0.3) is 5.56 Å². The van der Waals surface area contributed by atoms with E-state index in [9.17, 15) is 156 Å². The van der Waals surface area contributed by atoms with Crippen LogP contribution in [-0.2, 0) is 52.3 Å². The number of aromatic nitrogens is 2. The van der Waals surface area contributed by atoms with Crippen molar-refractivity contribution in [1.82, 2.24) is 30.4 Å². The number of benzene rings is 4. The molecule has 1 aromatic heterocycles. The molecule has 138 heavy (non-hydrogen) atoms. The van der Waals surface area contributed by atoms with Crippen LogP contribution in [0.15, 0.2) is 115 Å². The lowest BCUT2D eigenvalue weighted by atomic mass is 9.85. The Morgan fingerprint density at radius 3 is 1.06 bits per heavy atom. The van der Waals surface area contributed by atoms with Crippen LogP contribution in [-0.4, -0.2) is 446 Å².